The van der Waals surface area contributed by atoms with Gasteiger partial charge in [-0.2, -0.15) is 0 Å². The van der Waals surface area contributed by atoms with Crippen LogP contribution in [0.5, 0.6) is 0 Å². The minimum atomic E-state index is -0.689. The minimum absolute atomic E-state index is 0.205. The molecule has 0 fully saturated rings. The third kappa shape index (κ3) is 3.68. The van der Waals surface area contributed by atoms with Crippen LogP contribution in [0.1, 0.15) is 12.5 Å². The van der Waals surface area contributed by atoms with Gasteiger partial charge in [0.15, 0.2) is 0 Å². The van der Waals surface area contributed by atoms with Gasteiger partial charge in [-0.15, -0.1) is 0 Å². The molecule has 0 heterocycles. The number of hydrogen-bond donors (Lipinski definition) is 2. The first-order valence-electron chi connectivity index (χ1n) is 4.94. The van der Waals surface area contributed by atoms with Crippen LogP contribution < -0.4 is 10.6 Å². The van der Waals surface area contributed by atoms with Crippen LogP contribution in [0.2, 0.25) is 0 Å². The summed E-state index contributed by atoms with van der Waals surface area (Å²) in [5.41, 5.74) is 0.735. The minimum Gasteiger partial charge on any atom is -0.348 e. The number of halogens is 1. The first kappa shape index (κ1) is 12.2. The van der Waals surface area contributed by atoms with Gasteiger partial charge in [0.1, 0.15) is 5.82 Å². The largest absolute Gasteiger partial charge is 0.348 e. The van der Waals surface area contributed by atoms with Crippen LogP contribution in [0.3, 0.4) is 0 Å². The van der Waals surface area contributed by atoms with Crippen molar-refractivity contribution in [1.29, 1.82) is 0 Å². The first-order chi connectivity index (χ1) is 7.63. The van der Waals surface area contributed by atoms with Crippen LogP contribution in [0.25, 0.3) is 0 Å². The van der Waals surface area contributed by atoms with Crippen LogP contribution in [0.4, 0.5) is 4.39 Å². The highest BCUT2D eigenvalue weighted by Crippen LogP contribution is 2.01. The number of amides is 2. The smallest absolute Gasteiger partial charge is 0.309 e. The van der Waals surface area contributed by atoms with Gasteiger partial charge in [-0.3, -0.25) is 9.59 Å². The molecule has 86 valence electrons. The van der Waals surface area contributed by atoms with E-state index in [0.29, 0.717) is 6.54 Å². The van der Waals surface area contributed by atoms with Crippen molar-refractivity contribution in [3.63, 3.8) is 0 Å². The number of hydrogen-bond acceptors (Lipinski definition) is 2. The topological polar surface area (TPSA) is 58.2 Å². The summed E-state index contributed by atoms with van der Waals surface area (Å²) in [7, 11) is 0. The summed E-state index contributed by atoms with van der Waals surface area (Å²) in [6, 6.07) is 5.70. The molecule has 0 saturated heterocycles. The number of carbonyl (C=O) groups excluding carboxylic acids is 2. The lowest BCUT2D eigenvalue weighted by molar-refractivity contribution is -0.139. The van der Waals surface area contributed by atoms with E-state index < -0.39 is 11.8 Å². The van der Waals surface area contributed by atoms with E-state index >= 15 is 0 Å². The van der Waals surface area contributed by atoms with Gasteiger partial charge < -0.3 is 10.6 Å². The summed E-state index contributed by atoms with van der Waals surface area (Å²) in [5, 5.41) is 4.81. The Morgan fingerprint density at radius 2 is 1.69 bits per heavy atom. The highest BCUT2D eigenvalue weighted by molar-refractivity contribution is 6.35. The van der Waals surface area contributed by atoms with Crippen LogP contribution in [0, 0.1) is 5.82 Å². The number of carbonyl (C=O) groups is 2. The quantitative estimate of drug-likeness (QED) is 0.738. The monoisotopic (exact) mass is 224 g/mol. The molecule has 0 saturated carbocycles. The first-order valence-corrected chi connectivity index (χ1v) is 4.94. The number of likely N-dealkylation sites (N-methyl/N-ethyl adjacent to an activating group) is 1. The second kappa shape index (κ2) is 5.85. The maximum Gasteiger partial charge on any atom is 0.309 e. The third-order valence-corrected chi connectivity index (χ3v) is 1.91. The molecule has 0 unspecified atom stereocenters. The second-order valence-corrected chi connectivity index (χ2v) is 3.17. The Labute approximate surface area is 92.8 Å². The van der Waals surface area contributed by atoms with E-state index in [-0.39, 0.29) is 12.4 Å². The molecule has 4 nitrogen and oxygen atoms in total. The number of nitrogens with one attached hydrogen (secondary N) is 2. The van der Waals surface area contributed by atoms with Gasteiger partial charge >= 0.3 is 11.8 Å². The number of benzene rings is 1. The molecule has 1 rings (SSSR count). The average molecular weight is 224 g/mol. The molecular weight excluding hydrogens is 211 g/mol. The molecule has 2 N–H and O–H groups in total. The van der Waals surface area contributed by atoms with Crippen LogP contribution in [-0.2, 0) is 16.1 Å². The van der Waals surface area contributed by atoms with E-state index in [0.717, 1.165) is 5.56 Å². The van der Waals surface area contributed by atoms with Gasteiger partial charge in [0.05, 0.1) is 0 Å². The summed E-state index contributed by atoms with van der Waals surface area (Å²) in [6.07, 6.45) is 0. The van der Waals surface area contributed by atoms with Gasteiger partial charge in [0.25, 0.3) is 0 Å². The molecule has 5 heteroatoms. The van der Waals surface area contributed by atoms with Crippen molar-refractivity contribution in [2.45, 2.75) is 13.5 Å². The Balaban J connectivity index is 2.42. The van der Waals surface area contributed by atoms with E-state index in [2.05, 4.69) is 10.6 Å². The predicted octanol–water partition coefficient (Wildman–Crippen LogP) is 0.578. The standard InChI is InChI=1S/C11H13FN2O2/c1-2-13-10(15)11(16)14-7-8-3-5-9(12)6-4-8/h3-6H,2,7H2,1H3,(H,13,15)(H,14,16). The van der Waals surface area contributed by atoms with Gasteiger partial charge in [-0.1, -0.05) is 12.1 Å². The highest BCUT2D eigenvalue weighted by Gasteiger charge is 2.10. The maximum atomic E-state index is 12.6. The summed E-state index contributed by atoms with van der Waals surface area (Å²) < 4.78 is 12.6. The molecule has 0 aliphatic heterocycles. The zero-order valence-electron chi connectivity index (χ0n) is 8.92. The van der Waals surface area contributed by atoms with Gasteiger partial charge in [0.2, 0.25) is 0 Å². The zero-order chi connectivity index (χ0) is 12.0. The van der Waals surface area contributed by atoms with E-state index in [4.69, 9.17) is 0 Å². The highest BCUT2D eigenvalue weighted by atomic mass is 19.1. The molecule has 0 atom stereocenters. The fourth-order valence-corrected chi connectivity index (χ4v) is 1.11. The fourth-order valence-electron chi connectivity index (χ4n) is 1.11. The Kier molecular flexibility index (Phi) is 4.44. The molecule has 0 radical (unpaired) electrons. The lowest BCUT2D eigenvalue weighted by atomic mass is 10.2. The van der Waals surface area contributed by atoms with Gasteiger partial charge in [0, 0.05) is 13.1 Å². The van der Waals surface area contributed by atoms with Crippen molar-refractivity contribution in [3.8, 4) is 0 Å². The molecule has 16 heavy (non-hydrogen) atoms. The Morgan fingerprint density at radius 3 is 2.25 bits per heavy atom. The van der Waals surface area contributed by atoms with E-state index in [9.17, 15) is 14.0 Å². The van der Waals surface area contributed by atoms with Crippen LogP contribution in [0.15, 0.2) is 24.3 Å². The summed E-state index contributed by atoms with van der Waals surface area (Å²) in [4.78, 5) is 22.2. The van der Waals surface area contributed by atoms with Crippen molar-refractivity contribution >= 4 is 11.8 Å². The normalized spacial score (nSPS) is 9.62. The van der Waals surface area contributed by atoms with E-state index in [1.807, 2.05) is 0 Å². The molecule has 1 aromatic rings. The van der Waals surface area contributed by atoms with Crippen molar-refractivity contribution < 1.29 is 14.0 Å². The van der Waals surface area contributed by atoms with Crippen LogP contribution in [-0.4, -0.2) is 18.4 Å². The van der Waals surface area contributed by atoms with Crippen molar-refractivity contribution in [3.05, 3.63) is 35.6 Å². The lowest BCUT2D eigenvalue weighted by Crippen LogP contribution is -2.39. The molecule has 2 amide bonds. The van der Waals surface area contributed by atoms with Crippen molar-refractivity contribution in [1.82, 2.24) is 10.6 Å². The van der Waals surface area contributed by atoms with Crippen molar-refractivity contribution in [2.75, 3.05) is 6.54 Å². The lowest BCUT2D eigenvalue weighted by Gasteiger charge is -2.04. The molecule has 0 spiro atoms. The third-order valence-electron chi connectivity index (χ3n) is 1.91. The fraction of sp³-hybridized carbons (Fsp3) is 0.273. The molecule has 0 aliphatic rings. The van der Waals surface area contributed by atoms with E-state index in [1.165, 1.54) is 12.1 Å². The summed E-state index contributed by atoms with van der Waals surface area (Å²) in [6.45, 7) is 2.34. The molecule has 0 aromatic heterocycles. The zero-order valence-corrected chi connectivity index (χ0v) is 8.92. The van der Waals surface area contributed by atoms with Crippen LogP contribution >= 0.6 is 0 Å². The van der Waals surface area contributed by atoms with Gasteiger partial charge in [-0.05, 0) is 24.6 Å². The maximum absolute atomic E-state index is 12.6. The Hall–Kier alpha value is -1.91. The van der Waals surface area contributed by atoms with Crippen molar-refractivity contribution in [2.24, 2.45) is 0 Å². The molecule has 0 bridgehead atoms. The number of rotatable bonds is 3. The summed E-state index contributed by atoms with van der Waals surface area (Å²) in [5.74, 6) is -1.69. The Morgan fingerprint density at radius 1 is 1.12 bits per heavy atom. The van der Waals surface area contributed by atoms with E-state index in [1.54, 1.807) is 19.1 Å². The molecular formula is C11H13FN2O2. The molecule has 0 aliphatic carbocycles. The van der Waals surface area contributed by atoms with Gasteiger partial charge in [-0.25, -0.2) is 4.39 Å². The predicted molar refractivity (Wildman–Crippen MR) is 56.9 cm³/mol. The average Bonchev–Trinajstić information content (AvgIpc) is 2.28. The SMILES string of the molecule is CCNC(=O)C(=O)NCc1ccc(F)cc1. The molecule has 1 aromatic carbocycles. The summed E-state index contributed by atoms with van der Waals surface area (Å²) >= 11 is 0. The second-order valence-electron chi connectivity index (χ2n) is 3.17. The Bertz CT molecular complexity index is 376.